The zero-order chi connectivity index (χ0) is 6.97. The van der Waals surface area contributed by atoms with Crippen molar-refractivity contribution in [2.75, 3.05) is 0 Å². The van der Waals surface area contributed by atoms with Gasteiger partial charge in [0.15, 0.2) is 0 Å². The Kier molecular flexibility index (Phi) is 1.01. The van der Waals surface area contributed by atoms with Gasteiger partial charge in [-0.3, -0.25) is 4.98 Å². The van der Waals surface area contributed by atoms with Crippen molar-refractivity contribution < 1.29 is 0 Å². The Balaban J connectivity index is 2.86. The molecule has 0 fully saturated rings. The van der Waals surface area contributed by atoms with E-state index in [4.69, 9.17) is 0 Å². The Morgan fingerprint density at radius 1 is 1.50 bits per heavy atom. The van der Waals surface area contributed by atoms with Gasteiger partial charge in [-0.05, 0) is 19.1 Å². The van der Waals surface area contributed by atoms with Gasteiger partial charge in [0.05, 0.1) is 17.4 Å². The molecule has 0 saturated carbocycles. The van der Waals surface area contributed by atoms with Gasteiger partial charge in [0.2, 0.25) is 0 Å². The topological polar surface area (TPSA) is 17.3 Å². The summed E-state index contributed by atoms with van der Waals surface area (Å²) >= 11 is 0. The molecule has 0 saturated heterocycles. The Labute approximate surface area is 59.1 Å². The molecule has 0 amide bonds. The van der Waals surface area contributed by atoms with Crippen molar-refractivity contribution in [3.63, 3.8) is 0 Å². The largest absolute Gasteiger partial charge is 0.321 e. The van der Waals surface area contributed by atoms with E-state index >= 15 is 0 Å². The highest BCUT2D eigenvalue weighted by molar-refractivity contribution is 5.44. The number of rotatable bonds is 0. The van der Waals surface area contributed by atoms with E-state index < -0.39 is 0 Å². The Morgan fingerprint density at radius 2 is 2.40 bits per heavy atom. The van der Waals surface area contributed by atoms with Crippen LogP contribution >= 0.6 is 0 Å². The second-order valence-electron chi connectivity index (χ2n) is 2.37. The number of hydrogen-bond acceptors (Lipinski definition) is 1. The van der Waals surface area contributed by atoms with Gasteiger partial charge in [-0.2, -0.15) is 0 Å². The third-order valence-corrected chi connectivity index (χ3v) is 1.54. The van der Waals surface area contributed by atoms with Crippen molar-refractivity contribution in [1.29, 1.82) is 0 Å². The lowest BCUT2D eigenvalue weighted by Gasteiger charge is -1.93. The first kappa shape index (κ1) is 5.47. The number of fused-ring (bicyclic) bond motifs is 1. The Hall–Kier alpha value is -1.31. The zero-order valence-electron chi connectivity index (χ0n) is 5.78. The van der Waals surface area contributed by atoms with Gasteiger partial charge in [0, 0.05) is 12.4 Å². The second kappa shape index (κ2) is 1.84. The molecular weight excluding hydrogens is 124 g/mol. The minimum absolute atomic E-state index is 1.05. The molecule has 0 atom stereocenters. The molecule has 0 spiro atoms. The monoisotopic (exact) mass is 132 g/mol. The standard InChI is InChI=1S/C8H8N2/c1-7-6-10-4-2-3-8(10)5-9-7/h2-6H,1H3. The van der Waals surface area contributed by atoms with Crippen LogP contribution in [0.5, 0.6) is 0 Å². The van der Waals surface area contributed by atoms with E-state index in [0.29, 0.717) is 0 Å². The number of hydrogen-bond donors (Lipinski definition) is 0. The van der Waals surface area contributed by atoms with Crippen LogP contribution in [0.3, 0.4) is 0 Å². The van der Waals surface area contributed by atoms with Gasteiger partial charge < -0.3 is 4.40 Å². The highest BCUT2D eigenvalue weighted by Crippen LogP contribution is 2.02. The van der Waals surface area contributed by atoms with Crippen LogP contribution in [0.25, 0.3) is 5.52 Å². The average molecular weight is 132 g/mol. The van der Waals surface area contributed by atoms with Crippen LogP contribution in [0.2, 0.25) is 0 Å². The molecule has 2 aromatic rings. The van der Waals surface area contributed by atoms with E-state index in [9.17, 15) is 0 Å². The van der Waals surface area contributed by atoms with Crippen LogP contribution in [0, 0.1) is 6.92 Å². The molecular formula is C8H8N2. The molecule has 50 valence electrons. The lowest BCUT2D eigenvalue weighted by molar-refractivity contribution is 1.08. The van der Waals surface area contributed by atoms with Gasteiger partial charge in [0.1, 0.15) is 0 Å². The molecule has 0 aliphatic carbocycles. The maximum absolute atomic E-state index is 4.16. The van der Waals surface area contributed by atoms with E-state index in [1.165, 1.54) is 0 Å². The SMILES string of the molecule is Cc1cn2cccc2cn1. The maximum Gasteiger partial charge on any atom is 0.0634 e. The minimum atomic E-state index is 1.05. The molecule has 0 aromatic carbocycles. The van der Waals surface area contributed by atoms with Crippen molar-refractivity contribution >= 4 is 5.52 Å². The number of aryl methyl sites for hydroxylation is 1. The fourth-order valence-corrected chi connectivity index (χ4v) is 1.04. The molecule has 2 aromatic heterocycles. The Bertz CT molecular complexity index is 349. The highest BCUT2D eigenvalue weighted by Gasteiger charge is 1.89. The van der Waals surface area contributed by atoms with Gasteiger partial charge >= 0.3 is 0 Å². The van der Waals surface area contributed by atoms with E-state index in [1.807, 2.05) is 37.6 Å². The summed E-state index contributed by atoms with van der Waals surface area (Å²) in [6.45, 7) is 1.99. The Morgan fingerprint density at radius 3 is 3.30 bits per heavy atom. The molecule has 2 rings (SSSR count). The summed E-state index contributed by atoms with van der Waals surface area (Å²) in [6, 6.07) is 4.04. The third-order valence-electron chi connectivity index (χ3n) is 1.54. The van der Waals surface area contributed by atoms with Crippen molar-refractivity contribution in [3.8, 4) is 0 Å². The smallest absolute Gasteiger partial charge is 0.0634 e. The van der Waals surface area contributed by atoms with Gasteiger partial charge in [0.25, 0.3) is 0 Å². The van der Waals surface area contributed by atoms with E-state index in [2.05, 4.69) is 9.38 Å². The highest BCUT2D eigenvalue weighted by atomic mass is 14.9. The molecule has 2 nitrogen and oxygen atoms in total. The van der Waals surface area contributed by atoms with Crippen molar-refractivity contribution in [3.05, 3.63) is 36.4 Å². The van der Waals surface area contributed by atoms with Crippen LogP contribution in [0.1, 0.15) is 5.69 Å². The summed E-state index contributed by atoms with van der Waals surface area (Å²) in [5.74, 6) is 0. The van der Waals surface area contributed by atoms with Gasteiger partial charge in [-0.15, -0.1) is 0 Å². The first-order valence-corrected chi connectivity index (χ1v) is 3.25. The fourth-order valence-electron chi connectivity index (χ4n) is 1.04. The van der Waals surface area contributed by atoms with E-state index in [0.717, 1.165) is 11.2 Å². The molecule has 2 heteroatoms. The molecule has 10 heavy (non-hydrogen) atoms. The van der Waals surface area contributed by atoms with Crippen molar-refractivity contribution in [2.45, 2.75) is 6.92 Å². The summed E-state index contributed by atoms with van der Waals surface area (Å²) < 4.78 is 2.06. The van der Waals surface area contributed by atoms with Crippen molar-refractivity contribution in [1.82, 2.24) is 9.38 Å². The second-order valence-corrected chi connectivity index (χ2v) is 2.37. The molecule has 0 aliphatic heterocycles. The maximum atomic E-state index is 4.16. The summed E-state index contributed by atoms with van der Waals surface area (Å²) in [4.78, 5) is 4.16. The van der Waals surface area contributed by atoms with Crippen LogP contribution < -0.4 is 0 Å². The average Bonchev–Trinajstić information content (AvgIpc) is 2.33. The zero-order valence-corrected chi connectivity index (χ0v) is 5.78. The third kappa shape index (κ3) is 0.692. The molecule has 0 bridgehead atoms. The van der Waals surface area contributed by atoms with Gasteiger partial charge in [-0.1, -0.05) is 0 Å². The quantitative estimate of drug-likeness (QED) is 0.532. The van der Waals surface area contributed by atoms with Crippen LogP contribution in [-0.2, 0) is 0 Å². The van der Waals surface area contributed by atoms with Gasteiger partial charge in [-0.25, -0.2) is 0 Å². The summed E-state index contributed by atoms with van der Waals surface area (Å²) in [6.07, 6.45) is 5.90. The summed E-state index contributed by atoms with van der Waals surface area (Å²) in [5, 5.41) is 0. The van der Waals surface area contributed by atoms with Crippen LogP contribution in [0.4, 0.5) is 0 Å². The van der Waals surface area contributed by atoms with E-state index in [-0.39, 0.29) is 0 Å². The molecule has 0 aliphatic rings. The molecule has 2 heterocycles. The summed E-state index contributed by atoms with van der Waals surface area (Å²) in [7, 11) is 0. The number of aromatic nitrogens is 2. The fraction of sp³-hybridized carbons (Fsp3) is 0.125. The van der Waals surface area contributed by atoms with E-state index in [1.54, 1.807) is 0 Å². The predicted octanol–water partition coefficient (Wildman–Crippen LogP) is 1.64. The first-order chi connectivity index (χ1) is 4.86. The lowest BCUT2D eigenvalue weighted by Crippen LogP contribution is -1.85. The van der Waals surface area contributed by atoms with Crippen LogP contribution in [-0.4, -0.2) is 9.38 Å². The molecule has 0 unspecified atom stereocenters. The first-order valence-electron chi connectivity index (χ1n) is 3.25. The van der Waals surface area contributed by atoms with Crippen molar-refractivity contribution in [2.24, 2.45) is 0 Å². The minimum Gasteiger partial charge on any atom is -0.321 e. The summed E-state index contributed by atoms with van der Waals surface area (Å²) in [5.41, 5.74) is 2.19. The lowest BCUT2D eigenvalue weighted by atomic mass is 10.5. The normalized spacial score (nSPS) is 10.5. The predicted molar refractivity (Wildman–Crippen MR) is 39.9 cm³/mol. The van der Waals surface area contributed by atoms with Crippen LogP contribution in [0.15, 0.2) is 30.7 Å². The molecule has 0 N–H and O–H groups in total. The molecule has 0 radical (unpaired) electrons. The number of nitrogens with zero attached hydrogens (tertiary/aromatic N) is 2.